The number of hydrogen-bond donors (Lipinski definition) is 2. The summed E-state index contributed by atoms with van der Waals surface area (Å²) in [5.41, 5.74) is 3.49. The van der Waals surface area contributed by atoms with Gasteiger partial charge in [0.05, 0.1) is 12.3 Å². The molecule has 0 aliphatic carbocycles. The van der Waals surface area contributed by atoms with Crippen molar-refractivity contribution in [2.24, 2.45) is 0 Å². The van der Waals surface area contributed by atoms with E-state index >= 15 is 0 Å². The summed E-state index contributed by atoms with van der Waals surface area (Å²) in [5.74, 6) is 0.448. The van der Waals surface area contributed by atoms with Crippen molar-refractivity contribution < 1.29 is 9.21 Å². The predicted molar refractivity (Wildman–Crippen MR) is 129 cm³/mol. The first-order valence-electron chi connectivity index (χ1n) is 10.2. The number of carbonyl (C=O) groups is 1. The molecule has 0 saturated heterocycles. The Kier molecular flexibility index (Phi) is 6.58. The predicted octanol–water partition coefficient (Wildman–Crippen LogP) is 6.42. The van der Waals surface area contributed by atoms with Crippen molar-refractivity contribution >= 4 is 39.8 Å². The quantitative estimate of drug-likeness (QED) is 0.328. The second kappa shape index (κ2) is 9.54. The Morgan fingerprint density at radius 3 is 2.50 bits per heavy atom. The highest BCUT2D eigenvalue weighted by molar-refractivity contribution is 7.16. The molecule has 0 fully saturated rings. The van der Waals surface area contributed by atoms with Crippen LogP contribution in [-0.4, -0.2) is 15.9 Å². The lowest BCUT2D eigenvalue weighted by molar-refractivity contribution is 0.0997. The van der Waals surface area contributed by atoms with Gasteiger partial charge in [0.1, 0.15) is 5.00 Å². The molecule has 0 radical (unpaired) electrons. The Morgan fingerprint density at radius 1 is 1.09 bits per heavy atom. The fourth-order valence-corrected chi connectivity index (χ4v) is 4.74. The van der Waals surface area contributed by atoms with E-state index < -0.39 is 0 Å². The monoisotopic (exact) mass is 466 g/mol. The standard InChI is InChI=1S/C24H23ClN4O2S/c1-4-16-13-18(23(32-16)29-22(30)20-10-7-11-31-20)21(17-8-5-6-9-19(17)25)28-24-26-14(2)12-15(3)27-24/h5-13,21H,4H2,1-3H3,(H,29,30)(H,26,27,28)/t21-/m1/s1. The number of rotatable bonds is 7. The maximum atomic E-state index is 12.7. The minimum absolute atomic E-state index is 0.252. The molecule has 1 atom stereocenters. The topological polar surface area (TPSA) is 80.0 Å². The van der Waals surface area contributed by atoms with Gasteiger partial charge < -0.3 is 15.1 Å². The molecular weight excluding hydrogens is 444 g/mol. The number of nitrogens with one attached hydrogen (secondary N) is 2. The van der Waals surface area contributed by atoms with Gasteiger partial charge in [-0.25, -0.2) is 9.97 Å². The number of amides is 1. The van der Waals surface area contributed by atoms with Gasteiger partial charge in [0.15, 0.2) is 5.76 Å². The van der Waals surface area contributed by atoms with E-state index in [1.54, 1.807) is 12.1 Å². The number of hydrogen-bond acceptors (Lipinski definition) is 6. The van der Waals surface area contributed by atoms with E-state index in [9.17, 15) is 4.79 Å². The zero-order chi connectivity index (χ0) is 22.7. The molecule has 0 bridgehead atoms. The first kappa shape index (κ1) is 22.0. The van der Waals surface area contributed by atoms with Gasteiger partial charge in [-0.05, 0) is 56.2 Å². The van der Waals surface area contributed by atoms with Gasteiger partial charge in [-0.3, -0.25) is 4.79 Å². The SMILES string of the molecule is CCc1cc([C@H](Nc2nc(C)cc(C)n2)c2ccccc2Cl)c(NC(=O)c2ccco2)s1. The highest BCUT2D eigenvalue weighted by Crippen LogP contribution is 2.39. The summed E-state index contributed by atoms with van der Waals surface area (Å²) in [5, 5.41) is 7.79. The van der Waals surface area contributed by atoms with Crippen LogP contribution >= 0.6 is 22.9 Å². The van der Waals surface area contributed by atoms with Gasteiger partial charge in [-0.2, -0.15) is 0 Å². The second-order valence-electron chi connectivity index (χ2n) is 7.36. The van der Waals surface area contributed by atoms with Crippen LogP contribution in [0.3, 0.4) is 0 Å². The van der Waals surface area contributed by atoms with Crippen LogP contribution in [-0.2, 0) is 6.42 Å². The van der Waals surface area contributed by atoms with Gasteiger partial charge in [-0.15, -0.1) is 11.3 Å². The first-order valence-corrected chi connectivity index (χ1v) is 11.4. The number of benzene rings is 1. The Bertz CT molecular complexity index is 1220. The number of aryl methyl sites for hydroxylation is 3. The van der Waals surface area contributed by atoms with Crippen molar-refractivity contribution in [1.82, 2.24) is 9.97 Å². The van der Waals surface area contributed by atoms with Crippen LogP contribution in [0.15, 0.2) is 59.2 Å². The summed E-state index contributed by atoms with van der Waals surface area (Å²) in [7, 11) is 0. The van der Waals surface area contributed by atoms with E-state index in [1.165, 1.54) is 17.6 Å². The number of carbonyl (C=O) groups excluding carboxylic acids is 1. The molecule has 4 rings (SSSR count). The lowest BCUT2D eigenvalue weighted by Crippen LogP contribution is -2.18. The zero-order valence-corrected chi connectivity index (χ0v) is 19.6. The molecule has 0 aliphatic rings. The summed E-state index contributed by atoms with van der Waals surface area (Å²) in [4.78, 5) is 23.0. The fraction of sp³-hybridized carbons (Fsp3) is 0.208. The molecule has 3 heterocycles. The van der Waals surface area contributed by atoms with Crippen LogP contribution in [0, 0.1) is 13.8 Å². The normalized spacial score (nSPS) is 11.9. The molecule has 3 aromatic heterocycles. The molecule has 8 heteroatoms. The number of aromatic nitrogens is 2. The van der Waals surface area contributed by atoms with E-state index in [2.05, 4.69) is 33.6 Å². The Morgan fingerprint density at radius 2 is 1.84 bits per heavy atom. The van der Waals surface area contributed by atoms with Crippen molar-refractivity contribution in [3.63, 3.8) is 0 Å². The van der Waals surface area contributed by atoms with Gasteiger partial charge >= 0.3 is 0 Å². The van der Waals surface area contributed by atoms with Gasteiger partial charge in [0.25, 0.3) is 5.91 Å². The fourth-order valence-electron chi connectivity index (χ4n) is 3.47. The van der Waals surface area contributed by atoms with Gasteiger partial charge in [-0.1, -0.05) is 36.7 Å². The largest absolute Gasteiger partial charge is 0.459 e. The Labute approximate surface area is 195 Å². The zero-order valence-electron chi connectivity index (χ0n) is 18.0. The van der Waals surface area contributed by atoms with E-state index in [-0.39, 0.29) is 17.7 Å². The second-order valence-corrected chi connectivity index (χ2v) is 8.90. The van der Waals surface area contributed by atoms with Crippen LogP contribution < -0.4 is 10.6 Å². The van der Waals surface area contributed by atoms with Gasteiger partial charge in [0, 0.05) is 26.9 Å². The Hall–Kier alpha value is -3.16. The highest BCUT2D eigenvalue weighted by atomic mass is 35.5. The molecular formula is C24H23ClN4O2S. The number of furan rings is 1. The van der Waals surface area contributed by atoms with E-state index in [4.69, 9.17) is 16.0 Å². The van der Waals surface area contributed by atoms with E-state index in [0.29, 0.717) is 11.0 Å². The molecule has 4 aromatic rings. The third kappa shape index (κ3) is 4.84. The molecule has 0 saturated carbocycles. The Balaban J connectivity index is 1.79. The summed E-state index contributed by atoms with van der Waals surface area (Å²) in [6, 6.07) is 14.6. The minimum Gasteiger partial charge on any atom is -0.459 e. The van der Waals surface area contributed by atoms with Crippen molar-refractivity contribution in [3.8, 4) is 0 Å². The van der Waals surface area contributed by atoms with Crippen LogP contribution in [0.5, 0.6) is 0 Å². The number of anilines is 2. The lowest BCUT2D eigenvalue weighted by Gasteiger charge is -2.21. The average Bonchev–Trinajstić information content (AvgIpc) is 3.42. The van der Waals surface area contributed by atoms with Crippen LogP contribution in [0.2, 0.25) is 5.02 Å². The summed E-state index contributed by atoms with van der Waals surface area (Å²) in [6.45, 7) is 5.94. The summed E-state index contributed by atoms with van der Waals surface area (Å²) >= 11 is 8.13. The number of thiophene rings is 1. The third-order valence-corrected chi connectivity index (χ3v) is 6.47. The maximum absolute atomic E-state index is 12.7. The van der Waals surface area contributed by atoms with E-state index in [1.807, 2.05) is 44.2 Å². The lowest BCUT2D eigenvalue weighted by atomic mass is 9.99. The molecule has 1 amide bonds. The molecule has 0 aliphatic heterocycles. The highest BCUT2D eigenvalue weighted by Gasteiger charge is 2.25. The summed E-state index contributed by atoms with van der Waals surface area (Å²) < 4.78 is 5.26. The molecule has 0 unspecified atom stereocenters. The van der Waals surface area contributed by atoms with Crippen molar-refractivity contribution in [2.75, 3.05) is 10.6 Å². The van der Waals surface area contributed by atoms with Gasteiger partial charge in [0.2, 0.25) is 5.95 Å². The number of nitrogens with zero attached hydrogens (tertiary/aromatic N) is 2. The molecule has 1 aromatic carbocycles. The van der Waals surface area contributed by atoms with Crippen molar-refractivity contribution in [3.05, 3.63) is 93.0 Å². The molecule has 164 valence electrons. The number of halogens is 1. The molecule has 0 spiro atoms. The summed E-state index contributed by atoms with van der Waals surface area (Å²) in [6.07, 6.45) is 2.32. The minimum atomic E-state index is -0.367. The average molecular weight is 467 g/mol. The molecule has 2 N–H and O–H groups in total. The third-order valence-electron chi connectivity index (χ3n) is 4.92. The van der Waals surface area contributed by atoms with Crippen molar-refractivity contribution in [1.29, 1.82) is 0 Å². The van der Waals surface area contributed by atoms with Crippen LogP contribution in [0.4, 0.5) is 10.9 Å². The smallest absolute Gasteiger partial charge is 0.291 e. The van der Waals surface area contributed by atoms with Crippen LogP contribution in [0.1, 0.15) is 50.9 Å². The van der Waals surface area contributed by atoms with E-state index in [0.717, 1.165) is 38.8 Å². The molecule has 6 nitrogen and oxygen atoms in total. The van der Waals surface area contributed by atoms with Crippen LogP contribution in [0.25, 0.3) is 0 Å². The first-order chi connectivity index (χ1) is 15.4. The van der Waals surface area contributed by atoms with Crippen molar-refractivity contribution in [2.45, 2.75) is 33.2 Å². The molecule has 32 heavy (non-hydrogen) atoms. The maximum Gasteiger partial charge on any atom is 0.291 e.